The van der Waals surface area contributed by atoms with E-state index in [2.05, 4.69) is 5.32 Å². The van der Waals surface area contributed by atoms with Gasteiger partial charge < -0.3 is 15.3 Å². The van der Waals surface area contributed by atoms with Gasteiger partial charge in [-0.1, -0.05) is 18.1 Å². The predicted octanol–water partition coefficient (Wildman–Crippen LogP) is 2.96. The van der Waals surface area contributed by atoms with Crippen molar-refractivity contribution in [3.8, 4) is 0 Å². The molecule has 1 aromatic carbocycles. The molecule has 1 aliphatic carbocycles. The fraction of sp³-hybridized carbons (Fsp3) is 0.500. The van der Waals surface area contributed by atoms with Crippen LogP contribution in [0.5, 0.6) is 0 Å². The summed E-state index contributed by atoms with van der Waals surface area (Å²) in [6.45, 7) is 3.43. The first-order chi connectivity index (χ1) is 10.0. The molecule has 0 aromatic heterocycles. The maximum Gasteiger partial charge on any atom is 0.337 e. The molecule has 1 saturated heterocycles. The van der Waals surface area contributed by atoms with E-state index >= 15 is 0 Å². The molecule has 2 fully saturated rings. The number of carbonyl (C=O) groups is 2. The zero-order chi connectivity index (χ0) is 15.0. The van der Waals surface area contributed by atoms with Gasteiger partial charge in [0.15, 0.2) is 0 Å². The maximum atomic E-state index is 12.3. The van der Waals surface area contributed by atoms with Crippen LogP contribution in [0.2, 0.25) is 0 Å². The van der Waals surface area contributed by atoms with Crippen LogP contribution in [-0.2, 0) is 0 Å². The minimum Gasteiger partial charge on any atom is -0.478 e. The number of carboxylic acid groups (broad SMARTS) is 1. The summed E-state index contributed by atoms with van der Waals surface area (Å²) in [4.78, 5) is 25.4. The number of rotatable bonds is 2. The smallest absolute Gasteiger partial charge is 0.337 e. The number of carboxylic acids is 1. The second kappa shape index (κ2) is 5.39. The number of anilines is 1. The molecule has 0 radical (unpaired) electrons. The number of urea groups is 1. The second-order valence-corrected chi connectivity index (χ2v) is 6.14. The first-order valence-corrected chi connectivity index (χ1v) is 7.44. The summed E-state index contributed by atoms with van der Waals surface area (Å²) < 4.78 is 0. The van der Waals surface area contributed by atoms with Crippen LogP contribution in [0, 0.1) is 18.8 Å². The van der Waals surface area contributed by atoms with Gasteiger partial charge in [-0.2, -0.15) is 0 Å². The molecule has 1 aromatic rings. The Hall–Kier alpha value is -2.04. The molecular formula is C16H20N2O3. The molecule has 1 saturated carbocycles. The number of nitrogens with one attached hydrogen (secondary N) is 1. The summed E-state index contributed by atoms with van der Waals surface area (Å²) >= 11 is 0. The highest BCUT2D eigenvalue weighted by molar-refractivity contribution is 6.00. The standard InChI is InChI=1S/C16H20N2O3/c1-10-5-6-14(13(7-10)15(19)20)17-16(21)18-8-11-3-2-4-12(11)9-18/h5-7,11-12H,2-4,8-9H2,1H3,(H,17,21)(H,19,20). The summed E-state index contributed by atoms with van der Waals surface area (Å²) in [6.07, 6.45) is 3.69. The minimum absolute atomic E-state index is 0.141. The molecule has 112 valence electrons. The Morgan fingerprint density at radius 3 is 2.52 bits per heavy atom. The number of hydrogen-bond donors (Lipinski definition) is 2. The van der Waals surface area contributed by atoms with Crippen LogP contribution < -0.4 is 5.32 Å². The Bertz CT molecular complexity index is 573. The van der Waals surface area contributed by atoms with Crippen molar-refractivity contribution in [2.24, 2.45) is 11.8 Å². The molecule has 2 amide bonds. The lowest BCUT2D eigenvalue weighted by molar-refractivity contribution is 0.0698. The number of likely N-dealkylation sites (tertiary alicyclic amines) is 1. The maximum absolute atomic E-state index is 12.3. The highest BCUT2D eigenvalue weighted by atomic mass is 16.4. The van der Waals surface area contributed by atoms with Gasteiger partial charge in [0.2, 0.25) is 0 Å². The molecule has 1 aliphatic heterocycles. The summed E-state index contributed by atoms with van der Waals surface area (Å²) in [5, 5.41) is 12.0. The quantitative estimate of drug-likeness (QED) is 0.879. The summed E-state index contributed by atoms with van der Waals surface area (Å²) in [5.41, 5.74) is 1.37. The molecule has 21 heavy (non-hydrogen) atoms. The molecule has 0 bridgehead atoms. The molecule has 3 rings (SSSR count). The van der Waals surface area contributed by atoms with Crippen LogP contribution in [0.3, 0.4) is 0 Å². The van der Waals surface area contributed by atoms with E-state index in [4.69, 9.17) is 0 Å². The molecule has 5 nitrogen and oxygen atoms in total. The fourth-order valence-electron chi connectivity index (χ4n) is 3.54. The highest BCUT2D eigenvalue weighted by Crippen LogP contribution is 2.37. The molecule has 2 aliphatic rings. The predicted molar refractivity (Wildman–Crippen MR) is 79.6 cm³/mol. The third kappa shape index (κ3) is 2.73. The lowest BCUT2D eigenvalue weighted by Crippen LogP contribution is -2.34. The Labute approximate surface area is 123 Å². The number of amides is 2. The Morgan fingerprint density at radius 1 is 1.24 bits per heavy atom. The summed E-state index contributed by atoms with van der Waals surface area (Å²) in [6, 6.07) is 4.86. The normalized spacial score (nSPS) is 24.0. The molecular weight excluding hydrogens is 268 g/mol. The van der Waals surface area contributed by atoms with Gasteiger partial charge in [0.25, 0.3) is 0 Å². The van der Waals surface area contributed by atoms with Gasteiger partial charge in [0.1, 0.15) is 0 Å². The van der Waals surface area contributed by atoms with Crippen molar-refractivity contribution in [2.45, 2.75) is 26.2 Å². The number of benzene rings is 1. The second-order valence-electron chi connectivity index (χ2n) is 6.14. The van der Waals surface area contributed by atoms with E-state index in [9.17, 15) is 14.7 Å². The van der Waals surface area contributed by atoms with Crippen LogP contribution in [0.25, 0.3) is 0 Å². The Morgan fingerprint density at radius 2 is 1.90 bits per heavy atom. The molecule has 2 unspecified atom stereocenters. The summed E-state index contributed by atoms with van der Waals surface area (Å²) in [7, 11) is 0. The van der Waals surface area contributed by atoms with Gasteiger partial charge in [-0.3, -0.25) is 0 Å². The monoisotopic (exact) mass is 288 g/mol. The first kappa shape index (κ1) is 13.9. The van der Waals surface area contributed by atoms with Gasteiger partial charge in [-0.25, -0.2) is 9.59 Å². The SMILES string of the molecule is Cc1ccc(NC(=O)N2CC3CCCC3C2)c(C(=O)O)c1. The van der Waals surface area contributed by atoms with Crippen LogP contribution in [-0.4, -0.2) is 35.1 Å². The van der Waals surface area contributed by atoms with Gasteiger partial charge in [-0.05, 0) is 43.7 Å². The van der Waals surface area contributed by atoms with E-state index < -0.39 is 5.97 Å². The number of aryl methyl sites for hydroxylation is 1. The van der Waals surface area contributed by atoms with Crippen molar-refractivity contribution < 1.29 is 14.7 Å². The number of fused-ring (bicyclic) bond motifs is 1. The Kier molecular flexibility index (Phi) is 3.57. The minimum atomic E-state index is -1.02. The van der Waals surface area contributed by atoms with Crippen molar-refractivity contribution in [2.75, 3.05) is 18.4 Å². The third-order valence-electron chi connectivity index (χ3n) is 4.66. The van der Waals surface area contributed by atoms with Gasteiger partial charge in [0.05, 0.1) is 11.3 Å². The summed E-state index contributed by atoms with van der Waals surface area (Å²) in [5.74, 6) is 0.243. The van der Waals surface area contributed by atoms with Crippen molar-refractivity contribution in [3.05, 3.63) is 29.3 Å². The van der Waals surface area contributed by atoms with E-state index in [1.54, 1.807) is 18.2 Å². The lowest BCUT2D eigenvalue weighted by Gasteiger charge is -2.19. The van der Waals surface area contributed by atoms with Crippen molar-refractivity contribution >= 4 is 17.7 Å². The zero-order valence-electron chi connectivity index (χ0n) is 12.1. The number of carbonyl (C=O) groups excluding carboxylic acids is 1. The highest BCUT2D eigenvalue weighted by Gasteiger charge is 2.38. The average Bonchev–Trinajstić information content (AvgIpc) is 3.01. The third-order valence-corrected chi connectivity index (χ3v) is 4.66. The lowest BCUT2D eigenvalue weighted by atomic mass is 10.0. The van der Waals surface area contributed by atoms with Crippen molar-refractivity contribution in [1.29, 1.82) is 0 Å². The molecule has 1 heterocycles. The van der Waals surface area contributed by atoms with E-state index in [0.717, 1.165) is 18.7 Å². The van der Waals surface area contributed by atoms with Gasteiger partial charge in [-0.15, -0.1) is 0 Å². The zero-order valence-corrected chi connectivity index (χ0v) is 12.1. The van der Waals surface area contributed by atoms with Crippen LogP contribution in [0.1, 0.15) is 35.2 Å². The van der Waals surface area contributed by atoms with E-state index in [1.165, 1.54) is 19.3 Å². The Balaban J connectivity index is 1.72. The van der Waals surface area contributed by atoms with Gasteiger partial charge in [0, 0.05) is 13.1 Å². The van der Waals surface area contributed by atoms with E-state index in [0.29, 0.717) is 17.5 Å². The largest absolute Gasteiger partial charge is 0.478 e. The molecule has 2 atom stereocenters. The van der Waals surface area contributed by atoms with Crippen molar-refractivity contribution in [1.82, 2.24) is 4.90 Å². The van der Waals surface area contributed by atoms with Gasteiger partial charge >= 0.3 is 12.0 Å². The fourth-order valence-corrected chi connectivity index (χ4v) is 3.54. The number of hydrogen-bond acceptors (Lipinski definition) is 2. The van der Waals surface area contributed by atoms with Crippen LogP contribution in [0.15, 0.2) is 18.2 Å². The van der Waals surface area contributed by atoms with Crippen LogP contribution in [0.4, 0.5) is 10.5 Å². The molecule has 0 spiro atoms. The number of aromatic carboxylic acids is 1. The van der Waals surface area contributed by atoms with E-state index in [-0.39, 0.29) is 11.6 Å². The van der Waals surface area contributed by atoms with Crippen LogP contribution >= 0.6 is 0 Å². The average molecular weight is 288 g/mol. The molecule has 2 N–H and O–H groups in total. The van der Waals surface area contributed by atoms with E-state index in [1.807, 2.05) is 11.8 Å². The topological polar surface area (TPSA) is 69.6 Å². The number of nitrogens with zero attached hydrogens (tertiary/aromatic N) is 1. The molecule has 5 heteroatoms. The van der Waals surface area contributed by atoms with Crippen molar-refractivity contribution in [3.63, 3.8) is 0 Å². The first-order valence-electron chi connectivity index (χ1n) is 7.44.